The number of hydrogen-bond acceptors (Lipinski definition) is 5. The van der Waals surface area contributed by atoms with Gasteiger partial charge in [-0.05, 0) is 60.9 Å². The lowest BCUT2D eigenvalue weighted by Crippen LogP contribution is -2.63. The smallest absolute Gasteiger partial charge is 0.383 e. The third kappa shape index (κ3) is 5.70. The average molecular weight is 474 g/mol. The van der Waals surface area contributed by atoms with E-state index < -0.39 is 11.7 Å². The molecule has 1 aromatic carbocycles. The van der Waals surface area contributed by atoms with Crippen molar-refractivity contribution in [3.8, 4) is 0 Å². The van der Waals surface area contributed by atoms with Gasteiger partial charge in [-0.15, -0.1) is 0 Å². The molecule has 1 amide bonds. The summed E-state index contributed by atoms with van der Waals surface area (Å²) < 4.78 is 38.7. The van der Waals surface area contributed by atoms with Crippen molar-refractivity contribution in [2.75, 3.05) is 25.4 Å². The van der Waals surface area contributed by atoms with E-state index in [1.165, 1.54) is 12.1 Å². The molecule has 34 heavy (non-hydrogen) atoms. The highest BCUT2D eigenvalue weighted by molar-refractivity contribution is 5.80. The van der Waals surface area contributed by atoms with Gasteiger partial charge in [0.15, 0.2) is 0 Å². The predicted molar refractivity (Wildman–Crippen MR) is 126 cm³/mol. The Morgan fingerprint density at radius 2 is 1.88 bits per heavy atom. The van der Waals surface area contributed by atoms with Gasteiger partial charge in [-0.2, -0.15) is 13.2 Å². The molecule has 1 saturated carbocycles. The monoisotopic (exact) mass is 473 g/mol. The fourth-order valence-corrected chi connectivity index (χ4v) is 4.88. The van der Waals surface area contributed by atoms with Gasteiger partial charge in [0, 0.05) is 31.0 Å². The Morgan fingerprint density at radius 1 is 1.15 bits per heavy atom. The van der Waals surface area contributed by atoms with Crippen molar-refractivity contribution in [3.63, 3.8) is 0 Å². The van der Waals surface area contributed by atoms with Crippen LogP contribution in [0.4, 0.5) is 19.0 Å². The molecule has 0 atom stereocenters. The topological polar surface area (TPSA) is 83.3 Å². The molecule has 182 valence electrons. The van der Waals surface area contributed by atoms with Gasteiger partial charge in [0.05, 0.1) is 18.2 Å². The number of nitrogens with two attached hydrogens (primary N) is 1. The molecule has 0 radical (unpaired) electrons. The number of carbonyl (C=O) groups excluding carboxylic acids is 1. The van der Waals surface area contributed by atoms with Gasteiger partial charge in [-0.3, -0.25) is 9.69 Å². The van der Waals surface area contributed by atoms with Gasteiger partial charge in [0.1, 0.15) is 5.82 Å². The number of pyridine rings is 1. The lowest BCUT2D eigenvalue weighted by molar-refractivity contribution is -0.137. The lowest BCUT2D eigenvalue weighted by Gasteiger charge is -2.46. The Labute approximate surface area is 197 Å². The van der Waals surface area contributed by atoms with Crippen LogP contribution < -0.4 is 16.4 Å². The van der Waals surface area contributed by atoms with E-state index in [0.717, 1.165) is 56.5 Å². The summed E-state index contributed by atoms with van der Waals surface area (Å²) in [6, 6.07) is 9.49. The Balaban J connectivity index is 1.16. The second-order valence-corrected chi connectivity index (χ2v) is 9.11. The fourth-order valence-electron chi connectivity index (χ4n) is 4.88. The molecule has 9 heteroatoms. The molecule has 1 saturated heterocycles. The Kier molecular flexibility index (Phi) is 7.11. The van der Waals surface area contributed by atoms with Crippen LogP contribution in [0.25, 0.3) is 5.70 Å². The summed E-state index contributed by atoms with van der Waals surface area (Å²) in [7, 11) is 0. The standard InChI is InChI=1S/C25H30F3N5O/c1-16(18-4-2-5-19(12-18)25(26,27)28)31-13-23(34)32-20-14-33(15-20)21-9-7-17(8-10-21)22-6-3-11-30-24(22)29/h2-6,11-12,17,20-21,31H,1,7-10,13-15H2,(H2,29,30)(H,32,34)/t17-,21+. The third-order valence-electron chi connectivity index (χ3n) is 6.80. The number of anilines is 1. The zero-order valence-electron chi connectivity index (χ0n) is 18.9. The maximum absolute atomic E-state index is 12.9. The first-order chi connectivity index (χ1) is 16.2. The molecule has 2 aliphatic rings. The maximum atomic E-state index is 12.9. The number of likely N-dealkylation sites (tertiary alicyclic amines) is 1. The molecule has 1 aromatic heterocycles. The van der Waals surface area contributed by atoms with E-state index in [0.29, 0.717) is 23.3 Å². The van der Waals surface area contributed by atoms with Crippen molar-refractivity contribution in [2.45, 2.75) is 49.9 Å². The van der Waals surface area contributed by atoms with Crippen LogP contribution in [0.15, 0.2) is 49.2 Å². The Hall–Kier alpha value is -3.07. The Morgan fingerprint density at radius 3 is 2.56 bits per heavy atom. The normalized spacial score (nSPS) is 21.5. The van der Waals surface area contributed by atoms with Crippen molar-refractivity contribution in [3.05, 3.63) is 65.9 Å². The summed E-state index contributed by atoms with van der Waals surface area (Å²) in [5, 5.41) is 5.81. The second-order valence-electron chi connectivity index (χ2n) is 9.11. The van der Waals surface area contributed by atoms with E-state index in [2.05, 4.69) is 33.2 Å². The predicted octanol–water partition coefficient (Wildman–Crippen LogP) is 3.77. The number of nitrogen functional groups attached to an aromatic ring is 1. The minimum absolute atomic E-state index is 0.0385. The van der Waals surface area contributed by atoms with Crippen LogP contribution in [0.1, 0.15) is 48.3 Å². The number of rotatable bonds is 7. The van der Waals surface area contributed by atoms with E-state index in [4.69, 9.17) is 5.73 Å². The molecule has 2 aromatic rings. The van der Waals surface area contributed by atoms with E-state index in [1.807, 2.05) is 6.07 Å². The highest BCUT2D eigenvalue weighted by Crippen LogP contribution is 2.37. The number of aromatic nitrogens is 1. The van der Waals surface area contributed by atoms with Crippen molar-refractivity contribution >= 4 is 17.4 Å². The van der Waals surface area contributed by atoms with Crippen molar-refractivity contribution in [1.29, 1.82) is 0 Å². The third-order valence-corrected chi connectivity index (χ3v) is 6.80. The lowest BCUT2D eigenvalue weighted by atomic mass is 9.80. The quantitative estimate of drug-likeness (QED) is 0.570. The van der Waals surface area contributed by atoms with Crippen LogP contribution in [0, 0.1) is 0 Å². The van der Waals surface area contributed by atoms with E-state index >= 15 is 0 Å². The van der Waals surface area contributed by atoms with Gasteiger partial charge >= 0.3 is 6.18 Å². The summed E-state index contributed by atoms with van der Waals surface area (Å²) >= 11 is 0. The molecule has 0 spiro atoms. The van der Waals surface area contributed by atoms with Crippen molar-refractivity contribution in [2.24, 2.45) is 0 Å². The molecule has 6 nitrogen and oxygen atoms in total. The molecule has 4 N–H and O–H groups in total. The van der Waals surface area contributed by atoms with Crippen molar-refractivity contribution < 1.29 is 18.0 Å². The number of carbonyl (C=O) groups is 1. The van der Waals surface area contributed by atoms with Gasteiger partial charge in [-0.25, -0.2) is 4.98 Å². The molecule has 1 aliphatic carbocycles. The molecule has 4 rings (SSSR count). The first-order valence-corrected chi connectivity index (χ1v) is 11.5. The number of benzene rings is 1. The molecular weight excluding hydrogens is 443 g/mol. The van der Waals surface area contributed by atoms with Crippen molar-refractivity contribution in [1.82, 2.24) is 20.5 Å². The molecule has 0 unspecified atom stereocenters. The van der Waals surface area contributed by atoms with E-state index in [1.54, 1.807) is 6.20 Å². The molecule has 2 heterocycles. The molecular formula is C25H30F3N5O. The summed E-state index contributed by atoms with van der Waals surface area (Å²) in [6.07, 6.45) is 1.65. The summed E-state index contributed by atoms with van der Waals surface area (Å²) in [5.74, 6) is 0.883. The summed E-state index contributed by atoms with van der Waals surface area (Å²) in [5.41, 5.74) is 7.02. The highest BCUT2D eigenvalue weighted by Gasteiger charge is 2.35. The maximum Gasteiger partial charge on any atom is 0.416 e. The zero-order chi connectivity index (χ0) is 24.3. The minimum atomic E-state index is -4.42. The average Bonchev–Trinajstić information content (AvgIpc) is 2.79. The number of nitrogens with zero attached hydrogens (tertiary/aromatic N) is 2. The summed E-state index contributed by atoms with van der Waals surface area (Å²) in [4.78, 5) is 18.9. The van der Waals surface area contributed by atoms with Gasteiger partial charge in [0.2, 0.25) is 5.91 Å². The summed E-state index contributed by atoms with van der Waals surface area (Å²) in [6.45, 7) is 5.34. The SMILES string of the molecule is C=C(NCC(=O)NC1CN([C@H]2CC[C@@H](c3cccnc3N)CC2)C1)c1cccc(C(F)(F)F)c1. The minimum Gasteiger partial charge on any atom is -0.383 e. The number of hydrogen-bond donors (Lipinski definition) is 3. The van der Waals surface area contributed by atoms with Crippen LogP contribution in [0.2, 0.25) is 0 Å². The van der Waals surface area contributed by atoms with Gasteiger partial charge in [-0.1, -0.05) is 24.8 Å². The number of amides is 1. The van der Waals surface area contributed by atoms with Gasteiger partial charge < -0.3 is 16.4 Å². The largest absolute Gasteiger partial charge is 0.416 e. The van der Waals surface area contributed by atoms with Gasteiger partial charge in [0.25, 0.3) is 0 Å². The number of alkyl halides is 3. The first-order valence-electron chi connectivity index (χ1n) is 11.5. The Bertz CT molecular complexity index is 1030. The highest BCUT2D eigenvalue weighted by atomic mass is 19.4. The van der Waals surface area contributed by atoms with Crippen LogP contribution in [0.3, 0.4) is 0 Å². The number of halogens is 3. The van der Waals surface area contributed by atoms with E-state index in [-0.39, 0.29) is 24.2 Å². The van der Waals surface area contributed by atoms with Crippen LogP contribution in [0.5, 0.6) is 0 Å². The van der Waals surface area contributed by atoms with Crippen LogP contribution in [-0.4, -0.2) is 47.5 Å². The molecule has 0 bridgehead atoms. The van der Waals surface area contributed by atoms with Crippen LogP contribution >= 0.6 is 0 Å². The number of nitrogens with one attached hydrogen (secondary N) is 2. The second kappa shape index (κ2) is 10.0. The molecule has 2 fully saturated rings. The molecule has 1 aliphatic heterocycles. The zero-order valence-corrected chi connectivity index (χ0v) is 18.9. The fraction of sp³-hybridized carbons (Fsp3) is 0.440. The van der Waals surface area contributed by atoms with E-state index in [9.17, 15) is 18.0 Å². The van der Waals surface area contributed by atoms with Crippen LogP contribution in [-0.2, 0) is 11.0 Å². The first kappa shape index (κ1) is 24.1.